The van der Waals surface area contributed by atoms with Gasteiger partial charge in [0.25, 0.3) is 0 Å². The Morgan fingerprint density at radius 2 is 2.00 bits per heavy atom. The molecule has 0 amide bonds. The summed E-state index contributed by atoms with van der Waals surface area (Å²) < 4.78 is 7.52. The zero-order chi connectivity index (χ0) is 15.1. The lowest BCUT2D eigenvalue weighted by molar-refractivity contribution is 0.185. The van der Waals surface area contributed by atoms with E-state index in [1.807, 2.05) is 6.07 Å². The third kappa shape index (κ3) is 2.72. The third-order valence-electron chi connectivity index (χ3n) is 4.63. The molecule has 108 valence electrons. The van der Waals surface area contributed by atoms with Crippen molar-refractivity contribution in [3.8, 4) is 0 Å². The zero-order valence-corrected chi connectivity index (χ0v) is 15.5. The number of hydrogen-bond donors (Lipinski definition) is 0. The summed E-state index contributed by atoms with van der Waals surface area (Å²) in [6, 6.07) is 3.99. The first-order chi connectivity index (χ1) is 9.17. The van der Waals surface area contributed by atoms with Crippen molar-refractivity contribution in [3.63, 3.8) is 0 Å². The van der Waals surface area contributed by atoms with E-state index in [4.69, 9.17) is 11.0 Å². The molecule has 2 nitrogen and oxygen atoms in total. The van der Waals surface area contributed by atoms with Crippen molar-refractivity contribution < 1.29 is 4.43 Å². The van der Waals surface area contributed by atoms with Gasteiger partial charge in [-0.25, -0.2) is 4.85 Å². The fourth-order valence-electron chi connectivity index (χ4n) is 2.35. The number of rotatable bonds is 2. The monoisotopic (exact) mass is 351 g/mol. The van der Waals surface area contributed by atoms with Crippen molar-refractivity contribution in [2.45, 2.75) is 57.8 Å². The molecular weight excluding hydrogens is 330 g/mol. The lowest BCUT2D eigenvalue weighted by Crippen LogP contribution is -2.41. The number of benzene rings is 1. The molecule has 0 fully saturated rings. The molecule has 1 aromatic rings. The number of hydrogen-bond acceptors (Lipinski definition) is 1. The maximum absolute atomic E-state index is 7.19. The van der Waals surface area contributed by atoms with E-state index in [0.29, 0.717) is 5.69 Å². The zero-order valence-electron chi connectivity index (χ0n) is 12.9. The van der Waals surface area contributed by atoms with E-state index in [2.05, 4.69) is 60.7 Å². The van der Waals surface area contributed by atoms with Gasteiger partial charge >= 0.3 is 0 Å². The van der Waals surface area contributed by atoms with Crippen LogP contribution in [0.15, 0.2) is 16.6 Å². The SMILES string of the molecule is [C-]#[N+]c1ccc2c(c1Br)CC[C@@H]2O[Si](C)(C)C(C)(C)C. The highest BCUT2D eigenvalue weighted by Crippen LogP contribution is 2.46. The fraction of sp³-hybridized carbons (Fsp3) is 0.562. The van der Waals surface area contributed by atoms with Crippen LogP contribution in [-0.2, 0) is 10.8 Å². The lowest BCUT2D eigenvalue weighted by Gasteiger charge is -2.38. The molecule has 0 saturated heterocycles. The Morgan fingerprint density at radius 1 is 1.35 bits per heavy atom. The van der Waals surface area contributed by atoms with Gasteiger partial charge in [-0.1, -0.05) is 48.8 Å². The van der Waals surface area contributed by atoms with Crippen LogP contribution in [0.3, 0.4) is 0 Å². The Balaban J connectivity index is 2.31. The molecule has 1 aliphatic carbocycles. The predicted octanol–water partition coefficient (Wildman–Crippen LogP) is 6.01. The second kappa shape index (κ2) is 5.29. The molecule has 0 N–H and O–H groups in total. The minimum Gasteiger partial charge on any atom is -0.410 e. The highest BCUT2D eigenvalue weighted by Gasteiger charge is 2.41. The Labute approximate surface area is 131 Å². The third-order valence-corrected chi connectivity index (χ3v) is 10.00. The van der Waals surface area contributed by atoms with Crippen LogP contribution in [-0.4, -0.2) is 8.32 Å². The van der Waals surface area contributed by atoms with Crippen LogP contribution >= 0.6 is 15.9 Å². The molecule has 1 aliphatic rings. The predicted molar refractivity (Wildman–Crippen MR) is 89.7 cm³/mol. The van der Waals surface area contributed by atoms with E-state index >= 15 is 0 Å². The van der Waals surface area contributed by atoms with Gasteiger partial charge in [0.05, 0.1) is 12.7 Å². The Hall–Kier alpha value is -0.633. The van der Waals surface area contributed by atoms with Gasteiger partial charge < -0.3 is 4.43 Å². The molecule has 2 rings (SSSR count). The van der Waals surface area contributed by atoms with E-state index in [9.17, 15) is 0 Å². The normalized spacial score (nSPS) is 18.8. The fourth-order valence-corrected chi connectivity index (χ4v) is 4.31. The number of fused-ring (bicyclic) bond motifs is 1. The smallest absolute Gasteiger partial charge is 0.201 e. The molecule has 4 heteroatoms. The van der Waals surface area contributed by atoms with Crippen molar-refractivity contribution in [2.24, 2.45) is 0 Å². The maximum atomic E-state index is 7.19. The first kappa shape index (κ1) is 15.8. The van der Waals surface area contributed by atoms with Crippen molar-refractivity contribution in [1.82, 2.24) is 0 Å². The molecule has 20 heavy (non-hydrogen) atoms. The van der Waals surface area contributed by atoms with Gasteiger partial charge in [0.15, 0.2) is 8.32 Å². The van der Waals surface area contributed by atoms with Crippen LogP contribution in [0.5, 0.6) is 0 Å². The average molecular weight is 352 g/mol. The number of halogens is 1. The van der Waals surface area contributed by atoms with Gasteiger partial charge in [0.1, 0.15) is 0 Å². The molecule has 0 heterocycles. The molecule has 0 bridgehead atoms. The van der Waals surface area contributed by atoms with Crippen molar-refractivity contribution >= 4 is 29.9 Å². The highest BCUT2D eigenvalue weighted by atomic mass is 79.9. The summed E-state index contributed by atoms with van der Waals surface area (Å²) in [4.78, 5) is 3.56. The average Bonchev–Trinajstić information content (AvgIpc) is 2.72. The largest absolute Gasteiger partial charge is 0.410 e. The Kier molecular flexibility index (Phi) is 4.16. The van der Waals surface area contributed by atoms with Crippen molar-refractivity contribution in [3.05, 3.63) is 39.1 Å². The second-order valence-corrected chi connectivity index (χ2v) is 12.5. The molecule has 0 aromatic heterocycles. The van der Waals surface area contributed by atoms with E-state index in [1.54, 1.807) is 0 Å². The first-order valence-corrected chi connectivity index (χ1v) is 10.7. The van der Waals surface area contributed by atoms with Crippen LogP contribution in [0.2, 0.25) is 18.1 Å². The van der Waals surface area contributed by atoms with Gasteiger partial charge in [-0.05, 0) is 42.1 Å². The van der Waals surface area contributed by atoms with Gasteiger partial charge in [-0.2, -0.15) is 0 Å². The van der Waals surface area contributed by atoms with E-state index in [-0.39, 0.29) is 11.1 Å². The quantitative estimate of drug-likeness (QED) is 0.469. The van der Waals surface area contributed by atoms with Crippen LogP contribution in [0.25, 0.3) is 4.85 Å². The molecule has 0 radical (unpaired) electrons. The minimum absolute atomic E-state index is 0.196. The van der Waals surface area contributed by atoms with E-state index < -0.39 is 8.32 Å². The molecule has 0 saturated carbocycles. The van der Waals surface area contributed by atoms with E-state index in [1.165, 1.54) is 11.1 Å². The number of nitrogens with zero attached hydrogens (tertiary/aromatic N) is 1. The summed E-state index contributed by atoms with van der Waals surface area (Å²) >= 11 is 3.58. The molecule has 0 unspecified atom stereocenters. The Bertz CT molecular complexity index is 569. The summed E-state index contributed by atoms with van der Waals surface area (Å²) in [6.45, 7) is 18.6. The molecular formula is C16H22BrNOSi. The van der Waals surface area contributed by atoms with Crippen molar-refractivity contribution in [2.75, 3.05) is 0 Å². The van der Waals surface area contributed by atoms with Crippen LogP contribution in [0.1, 0.15) is 44.4 Å². The Morgan fingerprint density at radius 3 is 2.55 bits per heavy atom. The summed E-state index contributed by atoms with van der Waals surface area (Å²) in [7, 11) is -1.75. The van der Waals surface area contributed by atoms with Gasteiger partial charge in [-0.15, -0.1) is 0 Å². The highest BCUT2D eigenvalue weighted by molar-refractivity contribution is 9.10. The van der Waals surface area contributed by atoms with Crippen LogP contribution in [0, 0.1) is 6.57 Å². The topological polar surface area (TPSA) is 13.6 Å². The van der Waals surface area contributed by atoms with E-state index in [0.717, 1.165) is 17.3 Å². The lowest BCUT2D eigenvalue weighted by atomic mass is 10.1. The molecule has 0 aliphatic heterocycles. The van der Waals surface area contributed by atoms with Crippen LogP contribution in [0.4, 0.5) is 5.69 Å². The van der Waals surface area contributed by atoms with Crippen LogP contribution < -0.4 is 0 Å². The van der Waals surface area contributed by atoms with Crippen molar-refractivity contribution in [1.29, 1.82) is 0 Å². The summed E-state index contributed by atoms with van der Waals surface area (Å²) in [5.74, 6) is 0. The summed E-state index contributed by atoms with van der Waals surface area (Å²) in [5.41, 5.74) is 3.24. The van der Waals surface area contributed by atoms with Gasteiger partial charge in [0, 0.05) is 4.47 Å². The standard InChI is InChI=1S/C16H22BrNOSi/c1-16(2,3)20(5,6)19-14-10-8-12-11(14)7-9-13(18-4)15(12)17/h7,9,14H,8,10H2,1-3,5-6H3/t14-/m0/s1. The molecule has 1 atom stereocenters. The minimum atomic E-state index is -1.75. The maximum Gasteiger partial charge on any atom is 0.201 e. The van der Waals surface area contributed by atoms with Gasteiger partial charge in [0.2, 0.25) is 5.69 Å². The summed E-state index contributed by atoms with van der Waals surface area (Å²) in [5, 5.41) is 0.226. The second-order valence-electron chi connectivity index (χ2n) is 6.98. The molecule has 1 aromatic carbocycles. The first-order valence-electron chi connectivity index (χ1n) is 7.04. The molecule has 0 spiro atoms. The summed E-state index contributed by atoms with van der Waals surface area (Å²) in [6.07, 6.45) is 2.22. The van der Waals surface area contributed by atoms with Gasteiger partial charge in [-0.3, -0.25) is 0 Å².